The van der Waals surface area contributed by atoms with Crippen molar-refractivity contribution in [3.8, 4) is 5.75 Å². The quantitative estimate of drug-likeness (QED) is 0.742. The van der Waals surface area contributed by atoms with Crippen molar-refractivity contribution in [1.82, 2.24) is 0 Å². The van der Waals surface area contributed by atoms with Crippen LogP contribution >= 0.6 is 0 Å². The number of phenols is 1. The number of para-hydroxylation sites is 1. The molecule has 0 atom stereocenters. The van der Waals surface area contributed by atoms with Crippen LogP contribution in [0.3, 0.4) is 0 Å². The van der Waals surface area contributed by atoms with E-state index in [1.807, 2.05) is 0 Å². The molecule has 0 aliphatic rings. The van der Waals surface area contributed by atoms with Crippen LogP contribution in [-0.2, 0) is 0 Å². The third kappa shape index (κ3) is 1.72. The van der Waals surface area contributed by atoms with Crippen molar-refractivity contribution in [2.24, 2.45) is 0 Å². The molecule has 0 aromatic heterocycles. The summed E-state index contributed by atoms with van der Waals surface area (Å²) in [5.41, 5.74) is 0.336. The van der Waals surface area contributed by atoms with E-state index in [4.69, 9.17) is 0 Å². The van der Waals surface area contributed by atoms with Crippen LogP contribution in [0.4, 0.5) is 8.78 Å². The summed E-state index contributed by atoms with van der Waals surface area (Å²) >= 11 is 0. The van der Waals surface area contributed by atoms with Gasteiger partial charge in [0.1, 0.15) is 5.75 Å². The summed E-state index contributed by atoms with van der Waals surface area (Å²) in [5.74, 6) is -0.871. The summed E-state index contributed by atoms with van der Waals surface area (Å²) in [6.07, 6.45) is 0. The van der Waals surface area contributed by atoms with Crippen molar-refractivity contribution in [2.75, 3.05) is 13.3 Å². The number of phenolic OH excluding ortho intramolecular Hbond substituents is 1. The Morgan fingerprint density at radius 3 is 2.25 bits per heavy atom. The minimum Gasteiger partial charge on any atom is -0.508 e. The van der Waals surface area contributed by atoms with Crippen LogP contribution in [0.1, 0.15) is 11.5 Å². The van der Waals surface area contributed by atoms with E-state index in [0.29, 0.717) is 5.56 Å². The predicted octanol–water partition coefficient (Wildman–Crippen LogP) is 2.41. The average Bonchev–Trinajstić information content (AvgIpc) is 2.10. The summed E-state index contributed by atoms with van der Waals surface area (Å²) in [6, 6.07) is 6.21. The molecule has 0 saturated carbocycles. The van der Waals surface area contributed by atoms with Crippen LogP contribution in [0.25, 0.3) is 0 Å². The van der Waals surface area contributed by atoms with Crippen LogP contribution in [-0.4, -0.2) is 18.5 Å². The summed E-state index contributed by atoms with van der Waals surface area (Å²) in [7, 11) is 0. The standard InChI is InChI=1S/C9H10F2O/c10-5-7(6-11)8-3-1-2-4-9(8)12/h1-4,7,12H,5-6H2. The monoisotopic (exact) mass is 172 g/mol. The molecule has 66 valence electrons. The highest BCUT2D eigenvalue weighted by molar-refractivity contribution is 5.34. The molecule has 0 aliphatic carbocycles. The Kier molecular flexibility index (Phi) is 3.02. The molecule has 1 N–H and O–H groups in total. The molecule has 1 aromatic rings. The molecule has 0 unspecified atom stereocenters. The summed E-state index contributed by atoms with van der Waals surface area (Å²) < 4.78 is 24.3. The summed E-state index contributed by atoms with van der Waals surface area (Å²) in [6.45, 7) is -1.57. The second-order valence-electron chi connectivity index (χ2n) is 2.56. The number of hydrogen-bond acceptors (Lipinski definition) is 1. The van der Waals surface area contributed by atoms with Gasteiger partial charge >= 0.3 is 0 Å². The number of halogens is 2. The van der Waals surface area contributed by atoms with Gasteiger partial charge in [-0.2, -0.15) is 0 Å². The fourth-order valence-electron chi connectivity index (χ4n) is 1.04. The molecular formula is C9H10F2O. The molecule has 12 heavy (non-hydrogen) atoms. The number of aromatic hydroxyl groups is 1. The Balaban J connectivity index is 2.92. The zero-order chi connectivity index (χ0) is 8.97. The maximum atomic E-state index is 12.2. The highest BCUT2D eigenvalue weighted by Crippen LogP contribution is 2.25. The number of alkyl halides is 2. The van der Waals surface area contributed by atoms with Gasteiger partial charge in [0.15, 0.2) is 0 Å². The molecule has 0 spiro atoms. The highest BCUT2D eigenvalue weighted by Gasteiger charge is 2.13. The Labute approximate surface area is 69.7 Å². The Bertz CT molecular complexity index is 246. The van der Waals surface area contributed by atoms with Gasteiger partial charge in [0.25, 0.3) is 0 Å². The third-order valence-corrected chi connectivity index (χ3v) is 1.75. The molecule has 0 heterocycles. The second-order valence-corrected chi connectivity index (χ2v) is 2.56. The second kappa shape index (κ2) is 4.04. The molecule has 0 saturated heterocycles. The molecule has 3 heteroatoms. The van der Waals surface area contributed by atoms with Gasteiger partial charge in [-0.15, -0.1) is 0 Å². The van der Waals surface area contributed by atoms with Gasteiger partial charge in [-0.25, -0.2) is 0 Å². The fraction of sp³-hybridized carbons (Fsp3) is 0.333. The lowest BCUT2D eigenvalue weighted by atomic mass is 10.0. The van der Waals surface area contributed by atoms with Crippen LogP contribution in [0.15, 0.2) is 24.3 Å². The zero-order valence-electron chi connectivity index (χ0n) is 6.50. The van der Waals surface area contributed by atoms with Gasteiger partial charge in [0, 0.05) is 11.5 Å². The van der Waals surface area contributed by atoms with Crippen LogP contribution in [0.5, 0.6) is 5.75 Å². The molecule has 0 aliphatic heterocycles. The SMILES string of the molecule is Oc1ccccc1C(CF)CF. The maximum absolute atomic E-state index is 12.2. The molecule has 1 aromatic carbocycles. The van der Waals surface area contributed by atoms with Gasteiger partial charge in [0.05, 0.1) is 13.3 Å². The maximum Gasteiger partial charge on any atom is 0.119 e. The highest BCUT2D eigenvalue weighted by atomic mass is 19.1. The predicted molar refractivity (Wildman–Crippen MR) is 42.8 cm³/mol. The van der Waals surface area contributed by atoms with Crippen LogP contribution in [0.2, 0.25) is 0 Å². The molecule has 0 bridgehead atoms. The number of benzene rings is 1. The molecule has 1 nitrogen and oxygen atoms in total. The molecule has 0 fully saturated rings. The molecular weight excluding hydrogens is 162 g/mol. The first-order valence-electron chi connectivity index (χ1n) is 3.69. The van der Waals surface area contributed by atoms with E-state index in [-0.39, 0.29) is 5.75 Å². The average molecular weight is 172 g/mol. The zero-order valence-corrected chi connectivity index (χ0v) is 6.50. The Morgan fingerprint density at radius 2 is 1.75 bits per heavy atom. The van der Waals surface area contributed by atoms with E-state index in [1.165, 1.54) is 12.1 Å². The van der Waals surface area contributed by atoms with Crippen LogP contribution in [0, 0.1) is 0 Å². The van der Waals surface area contributed by atoms with Gasteiger partial charge < -0.3 is 5.11 Å². The first-order valence-corrected chi connectivity index (χ1v) is 3.69. The van der Waals surface area contributed by atoms with Gasteiger partial charge in [-0.05, 0) is 6.07 Å². The van der Waals surface area contributed by atoms with E-state index in [0.717, 1.165) is 0 Å². The van der Waals surface area contributed by atoms with E-state index in [9.17, 15) is 13.9 Å². The largest absolute Gasteiger partial charge is 0.508 e. The van der Waals surface area contributed by atoms with E-state index >= 15 is 0 Å². The first-order chi connectivity index (χ1) is 5.79. The van der Waals surface area contributed by atoms with E-state index in [2.05, 4.69) is 0 Å². The van der Waals surface area contributed by atoms with Gasteiger partial charge in [-0.1, -0.05) is 18.2 Å². The smallest absolute Gasteiger partial charge is 0.119 e. The molecule has 0 amide bonds. The Hall–Kier alpha value is -1.12. The number of hydrogen-bond donors (Lipinski definition) is 1. The summed E-state index contributed by atoms with van der Waals surface area (Å²) in [4.78, 5) is 0. The van der Waals surface area contributed by atoms with Crippen molar-refractivity contribution in [3.05, 3.63) is 29.8 Å². The molecule has 1 rings (SSSR count). The third-order valence-electron chi connectivity index (χ3n) is 1.75. The Morgan fingerprint density at radius 1 is 1.17 bits per heavy atom. The number of rotatable bonds is 3. The normalized spacial score (nSPS) is 10.6. The van der Waals surface area contributed by atoms with Crippen molar-refractivity contribution in [1.29, 1.82) is 0 Å². The summed E-state index contributed by atoms with van der Waals surface area (Å²) in [5, 5.41) is 9.21. The van der Waals surface area contributed by atoms with Gasteiger partial charge in [0.2, 0.25) is 0 Å². The minimum atomic E-state index is -0.828. The first kappa shape index (κ1) is 8.97. The van der Waals surface area contributed by atoms with Gasteiger partial charge in [-0.3, -0.25) is 8.78 Å². The topological polar surface area (TPSA) is 20.2 Å². The van der Waals surface area contributed by atoms with Crippen LogP contribution < -0.4 is 0 Å². The molecule has 0 radical (unpaired) electrons. The van der Waals surface area contributed by atoms with E-state index < -0.39 is 19.3 Å². The van der Waals surface area contributed by atoms with Crippen molar-refractivity contribution in [2.45, 2.75) is 5.92 Å². The minimum absolute atomic E-state index is 0.0437. The van der Waals surface area contributed by atoms with E-state index in [1.54, 1.807) is 12.1 Å². The lowest BCUT2D eigenvalue weighted by molar-refractivity contribution is 0.344. The van der Waals surface area contributed by atoms with Crippen molar-refractivity contribution >= 4 is 0 Å². The fourth-order valence-corrected chi connectivity index (χ4v) is 1.04. The lowest BCUT2D eigenvalue weighted by Crippen LogP contribution is -2.03. The van der Waals surface area contributed by atoms with Crippen molar-refractivity contribution < 1.29 is 13.9 Å². The lowest BCUT2D eigenvalue weighted by Gasteiger charge is -2.09. The van der Waals surface area contributed by atoms with Crippen molar-refractivity contribution in [3.63, 3.8) is 0 Å².